The largest absolute Gasteiger partial charge is 0.493 e. The number of rotatable bonds is 9. The van der Waals surface area contributed by atoms with Crippen molar-refractivity contribution in [2.24, 2.45) is 0 Å². The van der Waals surface area contributed by atoms with Crippen LogP contribution in [0.25, 0.3) is 6.08 Å². The molecule has 0 aliphatic rings. The van der Waals surface area contributed by atoms with Crippen molar-refractivity contribution >= 4 is 41.2 Å². The van der Waals surface area contributed by atoms with E-state index in [-0.39, 0.29) is 34.4 Å². The van der Waals surface area contributed by atoms with E-state index in [4.69, 9.17) is 37.4 Å². The Morgan fingerprint density at radius 1 is 1.16 bits per heavy atom. The number of methoxy groups -OCH3 is 1. The topological polar surface area (TPSA) is 97.7 Å². The molecule has 0 aliphatic carbocycles. The van der Waals surface area contributed by atoms with E-state index in [1.165, 1.54) is 43.5 Å². The predicted molar refractivity (Wildman–Crippen MR) is 117 cm³/mol. The SMILES string of the molecule is C=CCNC(=O)C(C#N)=Cc1ccc(OC(=O)COc2ccc(Cl)cc2Cl)c(OC)c1. The molecule has 0 bridgehead atoms. The molecular weight excluding hydrogens is 443 g/mol. The Kier molecular flexibility index (Phi) is 8.94. The number of benzene rings is 2. The van der Waals surface area contributed by atoms with Crippen LogP contribution in [0.2, 0.25) is 10.0 Å². The van der Waals surface area contributed by atoms with Crippen LogP contribution in [0.4, 0.5) is 0 Å². The third-order valence-corrected chi connectivity index (χ3v) is 4.26. The summed E-state index contributed by atoms with van der Waals surface area (Å²) in [6.07, 6.45) is 2.89. The number of esters is 1. The second kappa shape index (κ2) is 11.6. The second-order valence-electron chi connectivity index (χ2n) is 5.92. The molecule has 9 heteroatoms. The van der Waals surface area contributed by atoms with Crippen molar-refractivity contribution in [3.8, 4) is 23.3 Å². The van der Waals surface area contributed by atoms with E-state index in [9.17, 15) is 14.9 Å². The van der Waals surface area contributed by atoms with E-state index < -0.39 is 18.5 Å². The molecule has 0 heterocycles. The molecule has 0 saturated heterocycles. The van der Waals surface area contributed by atoms with Gasteiger partial charge in [0, 0.05) is 11.6 Å². The van der Waals surface area contributed by atoms with Crippen LogP contribution in [0.1, 0.15) is 5.56 Å². The van der Waals surface area contributed by atoms with Gasteiger partial charge in [0.25, 0.3) is 5.91 Å². The number of ether oxygens (including phenoxy) is 3. The summed E-state index contributed by atoms with van der Waals surface area (Å²) in [4.78, 5) is 24.1. The first-order valence-electron chi connectivity index (χ1n) is 8.85. The highest BCUT2D eigenvalue weighted by molar-refractivity contribution is 6.35. The van der Waals surface area contributed by atoms with Crippen molar-refractivity contribution in [2.45, 2.75) is 0 Å². The molecule has 0 saturated carbocycles. The Labute approximate surface area is 189 Å². The highest BCUT2D eigenvalue weighted by Crippen LogP contribution is 2.30. The van der Waals surface area contributed by atoms with Crippen molar-refractivity contribution < 1.29 is 23.8 Å². The minimum absolute atomic E-state index is 0.0955. The van der Waals surface area contributed by atoms with Crippen LogP contribution in [0, 0.1) is 11.3 Å². The number of carbonyl (C=O) groups is 2. The van der Waals surface area contributed by atoms with Crippen molar-refractivity contribution in [1.82, 2.24) is 5.32 Å². The Balaban J connectivity index is 2.09. The van der Waals surface area contributed by atoms with Gasteiger partial charge in [-0.1, -0.05) is 35.3 Å². The molecule has 7 nitrogen and oxygen atoms in total. The first-order chi connectivity index (χ1) is 14.9. The lowest BCUT2D eigenvalue weighted by molar-refractivity contribution is -0.136. The van der Waals surface area contributed by atoms with Crippen LogP contribution in [0.3, 0.4) is 0 Å². The van der Waals surface area contributed by atoms with E-state index in [0.29, 0.717) is 10.6 Å². The third-order valence-electron chi connectivity index (χ3n) is 3.73. The normalized spacial score (nSPS) is 10.6. The summed E-state index contributed by atoms with van der Waals surface area (Å²) in [7, 11) is 1.39. The van der Waals surface area contributed by atoms with Gasteiger partial charge >= 0.3 is 5.97 Å². The number of halogens is 2. The van der Waals surface area contributed by atoms with Gasteiger partial charge in [0.15, 0.2) is 18.1 Å². The van der Waals surface area contributed by atoms with Crippen molar-refractivity contribution in [3.05, 3.63) is 70.2 Å². The van der Waals surface area contributed by atoms with Crippen LogP contribution in [0.5, 0.6) is 17.2 Å². The van der Waals surface area contributed by atoms with Gasteiger partial charge < -0.3 is 19.5 Å². The van der Waals surface area contributed by atoms with Gasteiger partial charge in [-0.05, 0) is 42.0 Å². The number of hydrogen-bond acceptors (Lipinski definition) is 6. The maximum atomic E-state index is 12.1. The maximum Gasteiger partial charge on any atom is 0.349 e. The summed E-state index contributed by atoms with van der Waals surface area (Å²) in [5.41, 5.74) is 0.410. The van der Waals surface area contributed by atoms with Crippen LogP contribution in [-0.2, 0) is 9.59 Å². The first kappa shape index (κ1) is 23.8. The fraction of sp³-hybridized carbons (Fsp3) is 0.136. The fourth-order valence-electron chi connectivity index (χ4n) is 2.31. The number of carbonyl (C=O) groups excluding carboxylic acids is 2. The summed E-state index contributed by atoms with van der Waals surface area (Å²) >= 11 is 11.8. The number of nitrogens with zero attached hydrogens (tertiary/aromatic N) is 1. The van der Waals surface area contributed by atoms with Gasteiger partial charge in [-0.3, -0.25) is 4.79 Å². The van der Waals surface area contributed by atoms with Crippen molar-refractivity contribution in [1.29, 1.82) is 5.26 Å². The van der Waals surface area contributed by atoms with Gasteiger partial charge in [0.1, 0.15) is 17.4 Å². The van der Waals surface area contributed by atoms with Gasteiger partial charge in [0.2, 0.25) is 0 Å². The van der Waals surface area contributed by atoms with Crippen LogP contribution >= 0.6 is 23.2 Å². The predicted octanol–water partition coefficient (Wildman–Crippen LogP) is 4.20. The van der Waals surface area contributed by atoms with Crippen LogP contribution in [-0.4, -0.2) is 32.1 Å². The molecule has 0 spiro atoms. The maximum absolute atomic E-state index is 12.1. The standard InChI is InChI=1S/C22H18Cl2N2O5/c1-3-8-26-22(28)15(12-25)9-14-4-6-19(20(10-14)29-2)31-21(27)13-30-18-7-5-16(23)11-17(18)24/h3-7,9-11H,1,8,13H2,2H3,(H,26,28). The highest BCUT2D eigenvalue weighted by Gasteiger charge is 2.14. The summed E-state index contributed by atoms with van der Waals surface area (Å²) < 4.78 is 15.9. The average molecular weight is 461 g/mol. The second-order valence-corrected chi connectivity index (χ2v) is 6.76. The molecule has 0 aliphatic heterocycles. The van der Waals surface area contributed by atoms with E-state index in [2.05, 4.69) is 11.9 Å². The zero-order valence-electron chi connectivity index (χ0n) is 16.5. The van der Waals surface area contributed by atoms with Gasteiger partial charge in [-0.2, -0.15) is 5.26 Å². The number of nitrogens with one attached hydrogen (secondary N) is 1. The fourth-order valence-corrected chi connectivity index (χ4v) is 2.78. The lowest BCUT2D eigenvalue weighted by Gasteiger charge is -2.11. The molecule has 1 N–H and O–H groups in total. The lowest BCUT2D eigenvalue weighted by atomic mass is 10.1. The molecule has 0 radical (unpaired) electrons. The molecule has 0 atom stereocenters. The molecule has 160 valence electrons. The number of nitriles is 1. The molecule has 2 rings (SSSR count). The van der Waals surface area contributed by atoms with Gasteiger partial charge in [-0.25, -0.2) is 4.79 Å². The molecule has 31 heavy (non-hydrogen) atoms. The zero-order valence-corrected chi connectivity index (χ0v) is 18.0. The van der Waals surface area contributed by atoms with E-state index in [1.807, 2.05) is 6.07 Å². The molecule has 1 amide bonds. The summed E-state index contributed by atoms with van der Waals surface area (Å²) in [6, 6.07) is 11.0. The quantitative estimate of drug-likeness (QED) is 0.198. The monoisotopic (exact) mass is 460 g/mol. The number of hydrogen-bond donors (Lipinski definition) is 1. The van der Waals surface area contributed by atoms with E-state index in [1.54, 1.807) is 12.1 Å². The van der Waals surface area contributed by atoms with E-state index in [0.717, 1.165) is 0 Å². The van der Waals surface area contributed by atoms with Gasteiger partial charge in [-0.15, -0.1) is 6.58 Å². The summed E-state index contributed by atoms with van der Waals surface area (Å²) in [6.45, 7) is 3.34. The first-order valence-corrected chi connectivity index (χ1v) is 9.61. The molecule has 2 aromatic rings. The van der Waals surface area contributed by atoms with E-state index >= 15 is 0 Å². The zero-order chi connectivity index (χ0) is 22.8. The smallest absolute Gasteiger partial charge is 0.349 e. The van der Waals surface area contributed by atoms with Gasteiger partial charge in [0.05, 0.1) is 12.1 Å². The minimum Gasteiger partial charge on any atom is -0.493 e. The molecular formula is C22H18Cl2N2O5. The van der Waals surface area contributed by atoms with Crippen LogP contribution in [0.15, 0.2) is 54.6 Å². The lowest BCUT2D eigenvalue weighted by Crippen LogP contribution is -2.24. The summed E-state index contributed by atoms with van der Waals surface area (Å²) in [5, 5.41) is 12.4. The molecule has 2 aromatic carbocycles. The Bertz CT molecular complexity index is 1060. The Morgan fingerprint density at radius 2 is 1.90 bits per heavy atom. The number of amides is 1. The van der Waals surface area contributed by atoms with Crippen LogP contribution < -0.4 is 19.5 Å². The molecule has 0 unspecified atom stereocenters. The summed E-state index contributed by atoms with van der Waals surface area (Å²) in [5.74, 6) is -0.557. The highest BCUT2D eigenvalue weighted by atomic mass is 35.5. The molecule has 0 fully saturated rings. The molecule has 0 aromatic heterocycles. The Morgan fingerprint density at radius 3 is 2.55 bits per heavy atom. The average Bonchev–Trinajstić information content (AvgIpc) is 2.75. The van der Waals surface area contributed by atoms with Crippen molar-refractivity contribution in [3.63, 3.8) is 0 Å². The van der Waals surface area contributed by atoms with Crippen molar-refractivity contribution in [2.75, 3.05) is 20.3 Å². The minimum atomic E-state index is -0.686. The Hall–Kier alpha value is -3.47. The third kappa shape index (κ3) is 7.07.